The predicted octanol–water partition coefficient (Wildman–Crippen LogP) is 5.57. The molecule has 3 aromatic carbocycles. The van der Waals surface area contributed by atoms with Crippen LogP contribution in [0.1, 0.15) is 29.7 Å². The molecule has 1 aliphatic heterocycles. The van der Waals surface area contributed by atoms with Gasteiger partial charge in [0.25, 0.3) is 5.56 Å². The SMILES string of the molecule is CCOC(=O)C1=C(C(F)(F)F)N=c2sc(=Cc3ccc(OCc4ccccc4)cc3)c(=O)n2[C@H]1c1ccc(Cl)cc1. The molecule has 210 valence electrons. The van der Waals surface area contributed by atoms with E-state index in [1.807, 2.05) is 30.3 Å². The molecule has 0 fully saturated rings. The zero-order chi connectivity index (χ0) is 29.1. The smallest absolute Gasteiger partial charge is 0.434 e. The number of carbonyl (C=O) groups excluding carboxylic acids is 1. The number of rotatable bonds is 7. The number of aromatic nitrogens is 1. The van der Waals surface area contributed by atoms with Gasteiger partial charge in [-0.1, -0.05) is 77.5 Å². The maximum absolute atomic E-state index is 14.2. The topological polar surface area (TPSA) is 69.9 Å². The molecule has 0 aliphatic carbocycles. The summed E-state index contributed by atoms with van der Waals surface area (Å²) >= 11 is 6.81. The molecule has 0 bridgehead atoms. The van der Waals surface area contributed by atoms with Gasteiger partial charge in [-0.3, -0.25) is 9.36 Å². The standard InChI is InChI=1S/C30H22ClF3N2O4S/c1-2-39-28(38)24-25(20-10-12-21(31)13-11-20)36-27(37)23(41-29(36)35-26(24)30(32,33)34)16-18-8-14-22(15-9-18)40-17-19-6-4-3-5-7-19/h3-16,25H,2,17H2,1H3/t25-/m0/s1. The average Bonchev–Trinajstić information content (AvgIpc) is 3.27. The monoisotopic (exact) mass is 598 g/mol. The fraction of sp³-hybridized carbons (Fsp3) is 0.167. The van der Waals surface area contributed by atoms with Crippen molar-refractivity contribution in [2.45, 2.75) is 25.7 Å². The van der Waals surface area contributed by atoms with E-state index < -0.39 is 35.0 Å². The maximum atomic E-state index is 14.2. The van der Waals surface area contributed by atoms with Crippen LogP contribution in [0.4, 0.5) is 13.2 Å². The Morgan fingerprint density at radius 1 is 1.05 bits per heavy atom. The lowest BCUT2D eigenvalue weighted by Gasteiger charge is -2.26. The Morgan fingerprint density at radius 3 is 2.37 bits per heavy atom. The van der Waals surface area contributed by atoms with Crippen LogP contribution in [0.25, 0.3) is 6.08 Å². The minimum atomic E-state index is -4.97. The Hall–Kier alpha value is -4.15. The summed E-state index contributed by atoms with van der Waals surface area (Å²) in [5.74, 6) is -0.590. The molecule has 1 atom stereocenters. The molecule has 6 nitrogen and oxygen atoms in total. The van der Waals surface area contributed by atoms with Crippen molar-refractivity contribution in [3.05, 3.63) is 132 Å². The number of allylic oxidation sites excluding steroid dienone is 1. The molecule has 0 radical (unpaired) electrons. The number of esters is 1. The number of nitrogens with zero attached hydrogens (tertiary/aromatic N) is 2. The Kier molecular flexibility index (Phi) is 8.14. The zero-order valence-corrected chi connectivity index (χ0v) is 23.1. The third-order valence-electron chi connectivity index (χ3n) is 6.21. The Bertz CT molecular complexity index is 1780. The first-order valence-corrected chi connectivity index (χ1v) is 13.7. The van der Waals surface area contributed by atoms with Crippen molar-refractivity contribution in [3.63, 3.8) is 0 Å². The Labute approximate surface area is 241 Å². The van der Waals surface area contributed by atoms with Crippen molar-refractivity contribution in [1.82, 2.24) is 4.57 Å². The van der Waals surface area contributed by atoms with E-state index >= 15 is 0 Å². The average molecular weight is 599 g/mol. The van der Waals surface area contributed by atoms with Gasteiger partial charge in [0.2, 0.25) is 0 Å². The first-order valence-electron chi connectivity index (χ1n) is 12.5. The second-order valence-electron chi connectivity index (χ2n) is 8.96. The van der Waals surface area contributed by atoms with Gasteiger partial charge >= 0.3 is 12.1 Å². The van der Waals surface area contributed by atoms with Crippen molar-refractivity contribution < 1.29 is 27.4 Å². The van der Waals surface area contributed by atoms with Gasteiger partial charge in [-0.25, -0.2) is 9.79 Å². The van der Waals surface area contributed by atoms with Gasteiger partial charge in [-0.15, -0.1) is 0 Å². The van der Waals surface area contributed by atoms with Gasteiger partial charge in [-0.05, 0) is 54.0 Å². The second kappa shape index (κ2) is 11.8. The number of thiazole rings is 1. The fourth-order valence-corrected chi connectivity index (χ4v) is 5.48. The van der Waals surface area contributed by atoms with Crippen molar-refractivity contribution in [2.75, 3.05) is 6.61 Å². The number of ether oxygens (including phenoxy) is 2. The summed E-state index contributed by atoms with van der Waals surface area (Å²) in [5.41, 5.74) is -0.869. The molecule has 1 aromatic heterocycles. The third kappa shape index (κ3) is 6.13. The number of carbonyl (C=O) groups is 1. The summed E-state index contributed by atoms with van der Waals surface area (Å²) in [5, 5.41) is 0.343. The minimum absolute atomic E-state index is 0.146. The molecule has 1 aliphatic rings. The number of benzene rings is 3. The lowest BCUT2D eigenvalue weighted by molar-refractivity contribution is -0.140. The summed E-state index contributed by atoms with van der Waals surface area (Å²) in [7, 11) is 0. The molecule has 0 spiro atoms. The van der Waals surface area contributed by atoms with Gasteiger partial charge in [-0.2, -0.15) is 13.2 Å². The molecule has 0 N–H and O–H groups in total. The number of halogens is 4. The van der Waals surface area contributed by atoms with Crippen LogP contribution in [0, 0.1) is 0 Å². The fourth-order valence-electron chi connectivity index (χ4n) is 4.35. The van der Waals surface area contributed by atoms with Crippen LogP contribution in [-0.2, 0) is 16.1 Å². The van der Waals surface area contributed by atoms with Crippen molar-refractivity contribution in [3.8, 4) is 5.75 Å². The van der Waals surface area contributed by atoms with E-state index in [0.717, 1.165) is 21.5 Å². The first kappa shape index (κ1) is 28.4. The lowest BCUT2D eigenvalue weighted by atomic mass is 9.95. The van der Waals surface area contributed by atoms with Crippen LogP contribution < -0.4 is 19.6 Å². The van der Waals surface area contributed by atoms with Crippen LogP contribution in [-0.4, -0.2) is 23.3 Å². The van der Waals surface area contributed by atoms with Crippen LogP contribution in [0.5, 0.6) is 5.75 Å². The highest BCUT2D eigenvalue weighted by atomic mass is 35.5. The third-order valence-corrected chi connectivity index (χ3v) is 7.44. The molecule has 5 rings (SSSR count). The van der Waals surface area contributed by atoms with E-state index in [4.69, 9.17) is 21.1 Å². The summed E-state index contributed by atoms with van der Waals surface area (Å²) < 4.78 is 54.7. The number of alkyl halides is 3. The predicted molar refractivity (Wildman–Crippen MR) is 149 cm³/mol. The molecular formula is C30H22ClF3N2O4S. The van der Waals surface area contributed by atoms with Gasteiger partial charge in [0.05, 0.1) is 22.8 Å². The summed E-state index contributed by atoms with van der Waals surface area (Å²) in [6, 6.07) is 21.1. The normalized spacial score (nSPS) is 15.3. The summed E-state index contributed by atoms with van der Waals surface area (Å²) in [6.45, 7) is 1.71. The molecule has 0 unspecified atom stereocenters. The van der Waals surface area contributed by atoms with Crippen LogP contribution in [0.2, 0.25) is 5.02 Å². The molecule has 4 aromatic rings. The lowest BCUT2D eigenvalue weighted by Crippen LogP contribution is -2.41. The second-order valence-corrected chi connectivity index (χ2v) is 10.4. The van der Waals surface area contributed by atoms with Crippen LogP contribution in [0.15, 0.2) is 99.9 Å². The molecular weight excluding hydrogens is 577 g/mol. The van der Waals surface area contributed by atoms with E-state index in [1.54, 1.807) is 30.3 Å². The van der Waals surface area contributed by atoms with E-state index in [1.165, 1.54) is 31.2 Å². The molecule has 0 amide bonds. The first-order chi connectivity index (χ1) is 19.7. The highest BCUT2D eigenvalue weighted by Crippen LogP contribution is 2.38. The Balaban J connectivity index is 1.58. The zero-order valence-electron chi connectivity index (χ0n) is 21.5. The van der Waals surface area contributed by atoms with Gasteiger partial charge < -0.3 is 9.47 Å². The van der Waals surface area contributed by atoms with Gasteiger partial charge in [0.1, 0.15) is 12.4 Å². The number of hydrogen-bond donors (Lipinski definition) is 0. The van der Waals surface area contributed by atoms with Crippen LogP contribution in [0.3, 0.4) is 0 Å². The largest absolute Gasteiger partial charge is 0.489 e. The van der Waals surface area contributed by atoms with Gasteiger partial charge in [0.15, 0.2) is 10.5 Å². The van der Waals surface area contributed by atoms with Gasteiger partial charge in [0, 0.05) is 5.02 Å². The molecule has 0 saturated carbocycles. The molecule has 2 heterocycles. The van der Waals surface area contributed by atoms with E-state index in [2.05, 4.69) is 4.99 Å². The van der Waals surface area contributed by atoms with E-state index in [9.17, 15) is 22.8 Å². The number of fused-ring (bicyclic) bond motifs is 1. The minimum Gasteiger partial charge on any atom is -0.489 e. The van der Waals surface area contributed by atoms with Crippen LogP contribution >= 0.6 is 22.9 Å². The van der Waals surface area contributed by atoms with Crippen molar-refractivity contribution in [1.29, 1.82) is 0 Å². The summed E-state index contributed by atoms with van der Waals surface area (Å²) in [4.78, 5) is 30.1. The van der Waals surface area contributed by atoms with E-state index in [-0.39, 0.29) is 21.5 Å². The highest BCUT2D eigenvalue weighted by Gasteiger charge is 2.45. The maximum Gasteiger partial charge on any atom is 0.434 e. The Morgan fingerprint density at radius 2 is 1.73 bits per heavy atom. The quantitative estimate of drug-likeness (QED) is 0.261. The van der Waals surface area contributed by atoms with E-state index in [0.29, 0.717) is 22.9 Å². The molecule has 11 heteroatoms. The molecule has 41 heavy (non-hydrogen) atoms. The molecule has 0 saturated heterocycles. The number of hydrogen-bond acceptors (Lipinski definition) is 6. The highest BCUT2D eigenvalue weighted by molar-refractivity contribution is 7.07. The van der Waals surface area contributed by atoms with Crippen molar-refractivity contribution >= 4 is 35.0 Å². The van der Waals surface area contributed by atoms with Crippen molar-refractivity contribution in [2.24, 2.45) is 4.99 Å². The summed E-state index contributed by atoms with van der Waals surface area (Å²) in [6.07, 6.45) is -3.41.